The van der Waals surface area contributed by atoms with Crippen LogP contribution in [0.15, 0.2) is 52.4 Å². The number of hydrogen-bond acceptors (Lipinski definition) is 5. The molecule has 31 heavy (non-hydrogen) atoms. The molecule has 1 aliphatic heterocycles. The van der Waals surface area contributed by atoms with E-state index in [-0.39, 0.29) is 23.5 Å². The lowest BCUT2D eigenvalue weighted by Crippen LogP contribution is -2.44. The molecule has 7 heteroatoms. The first-order valence-electron chi connectivity index (χ1n) is 10.5. The van der Waals surface area contributed by atoms with Crippen LogP contribution in [-0.2, 0) is 11.2 Å². The molecule has 2 aromatic heterocycles. The Morgan fingerprint density at radius 2 is 2.03 bits per heavy atom. The van der Waals surface area contributed by atoms with Crippen LogP contribution in [0.3, 0.4) is 0 Å². The molecule has 1 aliphatic rings. The summed E-state index contributed by atoms with van der Waals surface area (Å²) in [5.74, 6) is 0.173. The van der Waals surface area contributed by atoms with Gasteiger partial charge in [-0.05, 0) is 41.3 Å². The van der Waals surface area contributed by atoms with E-state index in [2.05, 4.69) is 46.2 Å². The molecule has 1 saturated heterocycles. The quantitative estimate of drug-likeness (QED) is 0.622. The fourth-order valence-electron chi connectivity index (χ4n) is 4.16. The van der Waals surface area contributed by atoms with Crippen molar-refractivity contribution in [2.24, 2.45) is 5.41 Å². The highest BCUT2D eigenvalue weighted by Gasteiger charge is 2.46. The highest BCUT2D eigenvalue weighted by molar-refractivity contribution is 7.13. The Morgan fingerprint density at radius 3 is 2.65 bits per heavy atom. The van der Waals surface area contributed by atoms with Gasteiger partial charge in [-0.2, -0.15) is 0 Å². The zero-order chi connectivity index (χ0) is 22.0. The van der Waals surface area contributed by atoms with Crippen molar-refractivity contribution < 1.29 is 14.1 Å². The predicted octanol–water partition coefficient (Wildman–Crippen LogP) is 4.35. The monoisotopic (exact) mass is 437 g/mol. The molecule has 1 unspecified atom stereocenters. The van der Waals surface area contributed by atoms with Crippen molar-refractivity contribution in [3.05, 3.63) is 64.9 Å². The third-order valence-corrected chi connectivity index (χ3v) is 6.90. The highest BCUT2D eigenvalue weighted by Crippen LogP contribution is 2.36. The zero-order valence-electron chi connectivity index (χ0n) is 18.1. The summed E-state index contributed by atoms with van der Waals surface area (Å²) in [4.78, 5) is 28.8. The van der Waals surface area contributed by atoms with Crippen molar-refractivity contribution in [2.75, 3.05) is 20.1 Å². The van der Waals surface area contributed by atoms with Crippen LogP contribution in [0, 0.1) is 5.41 Å². The van der Waals surface area contributed by atoms with E-state index in [1.165, 1.54) is 10.4 Å². The van der Waals surface area contributed by atoms with Crippen molar-refractivity contribution in [1.29, 1.82) is 0 Å². The summed E-state index contributed by atoms with van der Waals surface area (Å²) in [5.41, 5.74) is 2.35. The summed E-state index contributed by atoms with van der Waals surface area (Å²) in [7, 11) is 1.65. The third kappa shape index (κ3) is 4.28. The van der Waals surface area contributed by atoms with Crippen LogP contribution in [0.5, 0.6) is 0 Å². The Kier molecular flexibility index (Phi) is 5.96. The molecule has 0 spiro atoms. The maximum Gasteiger partial charge on any atom is 0.292 e. The SMILES string of the molecule is CNC(=O)C1(Cc2ccc(-c3cccs3)cc2)CCN(C(=O)c2cc(C(C)C)no2)C1. The van der Waals surface area contributed by atoms with Gasteiger partial charge in [0.25, 0.3) is 5.91 Å². The number of nitrogens with zero attached hydrogens (tertiary/aromatic N) is 2. The Balaban J connectivity index is 1.52. The standard InChI is InChI=1S/C24H27N3O3S/c1-16(2)19-13-20(30-26-19)22(28)27-11-10-24(15-27,23(29)25-3)14-17-6-8-18(9-7-17)21-5-4-12-31-21/h4-9,12-13,16H,10-11,14-15H2,1-3H3,(H,25,29). The van der Waals surface area contributed by atoms with E-state index in [1.807, 2.05) is 19.9 Å². The molecule has 1 fully saturated rings. The lowest BCUT2D eigenvalue weighted by Gasteiger charge is -2.27. The smallest absolute Gasteiger partial charge is 0.292 e. The minimum Gasteiger partial charge on any atom is -0.359 e. The van der Waals surface area contributed by atoms with Crippen LogP contribution in [0.4, 0.5) is 0 Å². The molecule has 1 aromatic carbocycles. The molecule has 6 nitrogen and oxygen atoms in total. The van der Waals surface area contributed by atoms with Crippen LogP contribution < -0.4 is 5.32 Å². The van der Waals surface area contributed by atoms with Crippen molar-refractivity contribution in [2.45, 2.75) is 32.6 Å². The van der Waals surface area contributed by atoms with Gasteiger partial charge in [-0.25, -0.2) is 0 Å². The summed E-state index contributed by atoms with van der Waals surface area (Å²) >= 11 is 1.71. The normalized spacial score (nSPS) is 18.5. The maximum absolute atomic E-state index is 13.0. The van der Waals surface area contributed by atoms with E-state index in [0.29, 0.717) is 25.9 Å². The molecule has 0 bridgehead atoms. The van der Waals surface area contributed by atoms with Crippen LogP contribution in [-0.4, -0.2) is 42.0 Å². The number of amides is 2. The van der Waals surface area contributed by atoms with E-state index in [1.54, 1.807) is 29.4 Å². The molecule has 0 aliphatic carbocycles. The minimum absolute atomic E-state index is 0.0365. The van der Waals surface area contributed by atoms with Gasteiger partial charge in [0.1, 0.15) is 0 Å². The summed E-state index contributed by atoms with van der Waals surface area (Å²) in [6.45, 7) is 4.87. The van der Waals surface area contributed by atoms with Crippen molar-refractivity contribution in [3.63, 3.8) is 0 Å². The Bertz CT molecular complexity index is 1060. The number of thiophene rings is 1. The summed E-state index contributed by atoms with van der Waals surface area (Å²) < 4.78 is 5.28. The maximum atomic E-state index is 13.0. The van der Waals surface area contributed by atoms with E-state index < -0.39 is 5.41 Å². The third-order valence-electron chi connectivity index (χ3n) is 5.98. The predicted molar refractivity (Wildman–Crippen MR) is 121 cm³/mol. The topological polar surface area (TPSA) is 75.4 Å². The van der Waals surface area contributed by atoms with Gasteiger partial charge < -0.3 is 14.7 Å². The van der Waals surface area contributed by atoms with Crippen molar-refractivity contribution in [3.8, 4) is 10.4 Å². The van der Waals surface area contributed by atoms with Gasteiger partial charge in [-0.1, -0.05) is 49.3 Å². The van der Waals surface area contributed by atoms with Gasteiger partial charge in [0.2, 0.25) is 11.7 Å². The van der Waals surface area contributed by atoms with E-state index >= 15 is 0 Å². The Hall–Kier alpha value is -2.93. The lowest BCUT2D eigenvalue weighted by atomic mass is 9.79. The number of rotatable bonds is 6. The van der Waals surface area contributed by atoms with Gasteiger partial charge in [0.05, 0.1) is 11.1 Å². The fourth-order valence-corrected chi connectivity index (χ4v) is 4.89. The Labute approximate surface area is 186 Å². The van der Waals surface area contributed by atoms with Crippen LogP contribution >= 0.6 is 11.3 Å². The average molecular weight is 438 g/mol. The average Bonchev–Trinajstić information content (AvgIpc) is 3.54. The lowest BCUT2D eigenvalue weighted by molar-refractivity contribution is -0.129. The minimum atomic E-state index is -0.657. The van der Waals surface area contributed by atoms with Crippen LogP contribution in [0.1, 0.15) is 48.0 Å². The molecule has 3 heterocycles. The van der Waals surface area contributed by atoms with Gasteiger partial charge in [0.15, 0.2) is 0 Å². The molecule has 162 valence electrons. The van der Waals surface area contributed by atoms with Crippen molar-refractivity contribution >= 4 is 23.2 Å². The summed E-state index contributed by atoms with van der Waals surface area (Å²) in [5, 5.41) is 8.86. The second kappa shape index (κ2) is 8.67. The van der Waals surface area contributed by atoms with E-state index in [4.69, 9.17) is 4.52 Å². The van der Waals surface area contributed by atoms with Gasteiger partial charge in [-0.15, -0.1) is 11.3 Å². The molecular weight excluding hydrogens is 410 g/mol. The first-order chi connectivity index (χ1) is 14.9. The molecule has 4 rings (SSSR count). The number of aromatic nitrogens is 1. The van der Waals surface area contributed by atoms with E-state index in [0.717, 1.165) is 11.3 Å². The molecule has 2 amide bonds. The Morgan fingerprint density at radius 1 is 1.26 bits per heavy atom. The number of benzene rings is 1. The highest BCUT2D eigenvalue weighted by atomic mass is 32.1. The largest absolute Gasteiger partial charge is 0.359 e. The molecule has 0 radical (unpaired) electrons. The molecule has 1 atom stereocenters. The molecular formula is C24H27N3O3S. The molecule has 3 aromatic rings. The zero-order valence-corrected chi connectivity index (χ0v) is 18.9. The second-order valence-corrected chi connectivity index (χ2v) is 9.41. The number of hydrogen-bond donors (Lipinski definition) is 1. The summed E-state index contributed by atoms with van der Waals surface area (Å²) in [6, 6.07) is 14.2. The number of likely N-dealkylation sites (tertiary alicyclic amines) is 1. The number of carbonyl (C=O) groups is 2. The van der Waals surface area contributed by atoms with Gasteiger partial charge in [-0.3, -0.25) is 9.59 Å². The summed E-state index contributed by atoms with van der Waals surface area (Å²) in [6.07, 6.45) is 1.19. The van der Waals surface area contributed by atoms with Crippen LogP contribution in [0.2, 0.25) is 0 Å². The number of nitrogens with one attached hydrogen (secondary N) is 1. The molecule has 1 N–H and O–H groups in total. The second-order valence-electron chi connectivity index (χ2n) is 8.46. The molecule has 0 saturated carbocycles. The van der Waals surface area contributed by atoms with Crippen molar-refractivity contribution in [1.82, 2.24) is 15.4 Å². The number of carbonyl (C=O) groups excluding carboxylic acids is 2. The van der Waals surface area contributed by atoms with Gasteiger partial charge >= 0.3 is 0 Å². The first-order valence-corrected chi connectivity index (χ1v) is 11.4. The fraction of sp³-hybridized carbons (Fsp3) is 0.375. The van der Waals surface area contributed by atoms with Gasteiger partial charge in [0, 0.05) is 31.1 Å². The first kappa shape index (κ1) is 21.3. The van der Waals surface area contributed by atoms with E-state index in [9.17, 15) is 9.59 Å². The van der Waals surface area contributed by atoms with Crippen LogP contribution in [0.25, 0.3) is 10.4 Å².